The molecule has 1 aliphatic rings. The summed E-state index contributed by atoms with van der Waals surface area (Å²) in [7, 11) is 0. The average Bonchev–Trinajstić information content (AvgIpc) is 3.08. The molecule has 5 heteroatoms. The second-order valence-corrected chi connectivity index (χ2v) is 4.71. The topological polar surface area (TPSA) is 41.1 Å². The van der Waals surface area contributed by atoms with E-state index in [0.29, 0.717) is 21.7 Å². The van der Waals surface area contributed by atoms with Gasteiger partial charge in [-0.2, -0.15) is 0 Å². The molecule has 2 N–H and O–H groups in total. The van der Waals surface area contributed by atoms with Gasteiger partial charge in [-0.25, -0.2) is 4.79 Å². The van der Waals surface area contributed by atoms with Gasteiger partial charge in [0.1, 0.15) is 0 Å². The Morgan fingerprint density at radius 1 is 1.29 bits per heavy atom. The lowest BCUT2D eigenvalue weighted by Gasteiger charge is -2.08. The van der Waals surface area contributed by atoms with E-state index in [9.17, 15) is 4.79 Å². The number of hydrogen-bond donors (Lipinski definition) is 2. The minimum Gasteiger partial charge on any atom is -0.315 e. The number of urea groups is 1. The van der Waals surface area contributed by atoms with Crippen LogP contribution in [0.25, 0.3) is 0 Å². The molecule has 3 nitrogen and oxygen atoms in total. The molecule has 0 spiro atoms. The molecular formula is C12H12Cl2N2O. The molecular weight excluding hydrogens is 259 g/mol. The Morgan fingerprint density at radius 2 is 1.94 bits per heavy atom. The van der Waals surface area contributed by atoms with E-state index in [4.69, 9.17) is 23.2 Å². The highest BCUT2D eigenvalue weighted by atomic mass is 35.5. The molecule has 1 aliphatic carbocycles. The molecule has 2 rings (SSSR count). The van der Waals surface area contributed by atoms with Crippen molar-refractivity contribution in [1.82, 2.24) is 5.32 Å². The molecule has 2 amide bonds. The normalized spacial score (nSPS) is 14.9. The second kappa shape index (κ2) is 5.43. The van der Waals surface area contributed by atoms with Gasteiger partial charge in [0, 0.05) is 6.20 Å². The Hall–Kier alpha value is -1.19. The van der Waals surface area contributed by atoms with Crippen LogP contribution >= 0.6 is 23.2 Å². The molecule has 1 saturated carbocycles. The fourth-order valence-corrected chi connectivity index (χ4v) is 1.81. The Labute approximate surface area is 110 Å². The first-order chi connectivity index (χ1) is 8.16. The highest BCUT2D eigenvalue weighted by molar-refractivity contribution is 6.39. The number of nitrogens with one attached hydrogen (secondary N) is 2. The number of carbonyl (C=O) groups excluding carboxylic acids is 1. The number of benzene rings is 1. The predicted molar refractivity (Wildman–Crippen MR) is 70.5 cm³/mol. The minimum atomic E-state index is -0.350. The van der Waals surface area contributed by atoms with Crippen molar-refractivity contribution in [3.05, 3.63) is 40.5 Å². The first kappa shape index (κ1) is 12.3. The van der Waals surface area contributed by atoms with Crippen molar-refractivity contribution in [1.29, 1.82) is 0 Å². The summed E-state index contributed by atoms with van der Waals surface area (Å²) in [5, 5.41) is 6.05. The van der Waals surface area contributed by atoms with Crippen LogP contribution in [0.4, 0.5) is 10.5 Å². The number of halogens is 2. The van der Waals surface area contributed by atoms with Crippen LogP contribution in [0.2, 0.25) is 10.0 Å². The smallest absolute Gasteiger partial charge is 0.315 e. The van der Waals surface area contributed by atoms with Gasteiger partial charge in [-0.15, -0.1) is 0 Å². The van der Waals surface area contributed by atoms with Crippen LogP contribution in [-0.2, 0) is 0 Å². The number of carbonyl (C=O) groups is 1. The standard InChI is InChI=1S/C12H12Cl2N2O/c13-9-2-1-3-10(14)11(9)16-12(17)15-7-6-8-4-5-8/h1-3,6-8H,4-5H2,(H2,15,16,17)/b7-6+. The molecule has 0 aromatic heterocycles. The quantitative estimate of drug-likeness (QED) is 0.855. The molecule has 90 valence electrons. The largest absolute Gasteiger partial charge is 0.323 e. The lowest BCUT2D eigenvalue weighted by molar-refractivity contribution is 0.255. The molecule has 1 fully saturated rings. The molecule has 0 atom stereocenters. The molecule has 0 saturated heterocycles. The van der Waals surface area contributed by atoms with Gasteiger partial charge in [0.25, 0.3) is 0 Å². The summed E-state index contributed by atoms with van der Waals surface area (Å²) >= 11 is 11.8. The summed E-state index contributed by atoms with van der Waals surface area (Å²) < 4.78 is 0. The number of amides is 2. The van der Waals surface area contributed by atoms with E-state index in [0.717, 1.165) is 0 Å². The Bertz CT molecular complexity index is 436. The summed E-state index contributed by atoms with van der Waals surface area (Å²) in [5.41, 5.74) is 0.424. The molecule has 1 aromatic carbocycles. The first-order valence-electron chi connectivity index (χ1n) is 5.35. The van der Waals surface area contributed by atoms with Crippen molar-refractivity contribution < 1.29 is 4.79 Å². The number of allylic oxidation sites excluding steroid dienone is 1. The fourth-order valence-electron chi connectivity index (χ4n) is 1.32. The molecule has 0 bridgehead atoms. The van der Waals surface area contributed by atoms with E-state index in [2.05, 4.69) is 10.6 Å². The van der Waals surface area contributed by atoms with Crippen LogP contribution in [0.1, 0.15) is 12.8 Å². The van der Waals surface area contributed by atoms with Crippen LogP contribution in [0.15, 0.2) is 30.5 Å². The zero-order valence-corrected chi connectivity index (χ0v) is 10.6. The van der Waals surface area contributed by atoms with Gasteiger partial charge in [0.2, 0.25) is 0 Å². The van der Waals surface area contributed by atoms with Crippen LogP contribution in [0.5, 0.6) is 0 Å². The van der Waals surface area contributed by atoms with E-state index in [1.54, 1.807) is 24.4 Å². The zero-order chi connectivity index (χ0) is 12.3. The zero-order valence-electron chi connectivity index (χ0n) is 9.04. The van der Waals surface area contributed by atoms with Crippen LogP contribution in [0.3, 0.4) is 0 Å². The molecule has 1 aromatic rings. The third-order valence-electron chi connectivity index (χ3n) is 2.41. The number of para-hydroxylation sites is 1. The van der Waals surface area contributed by atoms with Crippen molar-refractivity contribution in [2.75, 3.05) is 5.32 Å². The van der Waals surface area contributed by atoms with Gasteiger partial charge in [-0.3, -0.25) is 0 Å². The molecule has 17 heavy (non-hydrogen) atoms. The highest BCUT2D eigenvalue weighted by Crippen LogP contribution is 2.30. The highest BCUT2D eigenvalue weighted by Gasteiger charge is 2.17. The van der Waals surface area contributed by atoms with E-state index in [-0.39, 0.29) is 6.03 Å². The summed E-state index contributed by atoms with van der Waals surface area (Å²) in [6.45, 7) is 0. The maximum absolute atomic E-state index is 11.5. The summed E-state index contributed by atoms with van der Waals surface area (Å²) in [6, 6.07) is 4.71. The summed E-state index contributed by atoms with van der Waals surface area (Å²) in [6.07, 6.45) is 6.04. The van der Waals surface area contributed by atoms with Crippen molar-refractivity contribution in [3.8, 4) is 0 Å². The maximum Gasteiger partial charge on any atom is 0.323 e. The Morgan fingerprint density at radius 3 is 2.53 bits per heavy atom. The van der Waals surface area contributed by atoms with Crippen molar-refractivity contribution >= 4 is 34.9 Å². The molecule has 0 unspecified atom stereocenters. The van der Waals surface area contributed by atoms with Gasteiger partial charge in [0.05, 0.1) is 15.7 Å². The number of hydrogen-bond acceptors (Lipinski definition) is 1. The predicted octanol–water partition coefficient (Wildman–Crippen LogP) is 4.04. The van der Waals surface area contributed by atoms with Gasteiger partial charge >= 0.3 is 6.03 Å². The van der Waals surface area contributed by atoms with E-state index >= 15 is 0 Å². The number of anilines is 1. The van der Waals surface area contributed by atoms with E-state index < -0.39 is 0 Å². The lowest BCUT2D eigenvalue weighted by Crippen LogP contribution is -2.24. The number of rotatable bonds is 3. The second-order valence-electron chi connectivity index (χ2n) is 3.89. The monoisotopic (exact) mass is 270 g/mol. The third-order valence-corrected chi connectivity index (χ3v) is 3.04. The van der Waals surface area contributed by atoms with Gasteiger partial charge in [-0.1, -0.05) is 35.3 Å². The van der Waals surface area contributed by atoms with E-state index in [1.807, 2.05) is 6.08 Å². The third kappa shape index (κ3) is 3.65. The summed E-state index contributed by atoms with van der Waals surface area (Å²) in [4.78, 5) is 11.5. The van der Waals surface area contributed by atoms with Crippen molar-refractivity contribution in [3.63, 3.8) is 0 Å². The molecule has 0 radical (unpaired) electrons. The molecule has 0 heterocycles. The van der Waals surface area contributed by atoms with Crippen LogP contribution in [0, 0.1) is 5.92 Å². The minimum absolute atomic E-state index is 0.350. The van der Waals surface area contributed by atoms with E-state index in [1.165, 1.54) is 12.8 Å². The average molecular weight is 271 g/mol. The fraction of sp³-hybridized carbons (Fsp3) is 0.250. The van der Waals surface area contributed by atoms with Crippen LogP contribution < -0.4 is 10.6 Å². The Balaban J connectivity index is 1.92. The van der Waals surface area contributed by atoms with Gasteiger partial charge in [0.15, 0.2) is 0 Å². The maximum atomic E-state index is 11.5. The SMILES string of the molecule is O=C(N/C=C/C1CC1)Nc1c(Cl)cccc1Cl. The van der Waals surface area contributed by atoms with Crippen molar-refractivity contribution in [2.45, 2.75) is 12.8 Å². The Kier molecular flexibility index (Phi) is 3.92. The van der Waals surface area contributed by atoms with Crippen LogP contribution in [-0.4, -0.2) is 6.03 Å². The van der Waals surface area contributed by atoms with Gasteiger partial charge < -0.3 is 10.6 Å². The van der Waals surface area contributed by atoms with Gasteiger partial charge in [-0.05, 0) is 30.9 Å². The first-order valence-corrected chi connectivity index (χ1v) is 6.10. The lowest BCUT2D eigenvalue weighted by atomic mass is 10.3. The molecule has 0 aliphatic heterocycles. The van der Waals surface area contributed by atoms with Crippen molar-refractivity contribution in [2.24, 2.45) is 5.92 Å². The summed E-state index contributed by atoms with van der Waals surface area (Å²) in [5.74, 6) is 0.624.